The molecule has 0 atom stereocenters. The third-order valence-electron chi connectivity index (χ3n) is 3.03. The smallest absolute Gasteiger partial charge is 0.241 e. The number of rotatable bonds is 4. The molecule has 0 aliphatic rings. The first-order chi connectivity index (χ1) is 10.2. The molecule has 0 bridgehead atoms. The van der Waals surface area contributed by atoms with Crippen molar-refractivity contribution in [1.29, 1.82) is 0 Å². The summed E-state index contributed by atoms with van der Waals surface area (Å²) in [6.45, 7) is 2.69. The molecule has 21 heavy (non-hydrogen) atoms. The Morgan fingerprint density at radius 3 is 2.81 bits per heavy atom. The van der Waals surface area contributed by atoms with Gasteiger partial charge in [-0.05, 0) is 29.7 Å². The van der Waals surface area contributed by atoms with Crippen LogP contribution >= 0.6 is 11.6 Å². The van der Waals surface area contributed by atoms with E-state index in [1.165, 1.54) is 11.1 Å². The van der Waals surface area contributed by atoms with E-state index in [0.29, 0.717) is 18.4 Å². The first kappa shape index (κ1) is 13.5. The minimum atomic E-state index is 0.140. The Morgan fingerprint density at radius 1 is 1.19 bits per heavy atom. The lowest BCUT2D eigenvalue weighted by molar-refractivity contribution is 0.888. The minimum absolute atomic E-state index is 0.140. The first-order valence-corrected chi connectivity index (χ1v) is 6.78. The molecule has 0 aliphatic heterocycles. The summed E-state index contributed by atoms with van der Waals surface area (Å²) in [6, 6.07) is 8.13. The van der Waals surface area contributed by atoms with Crippen molar-refractivity contribution in [2.24, 2.45) is 0 Å². The number of hydrogen-bond acceptors (Lipinski definition) is 5. The van der Waals surface area contributed by atoms with E-state index >= 15 is 0 Å². The Hall–Kier alpha value is -2.47. The van der Waals surface area contributed by atoms with Crippen molar-refractivity contribution in [2.45, 2.75) is 13.5 Å². The zero-order valence-corrected chi connectivity index (χ0v) is 12.1. The Kier molecular flexibility index (Phi) is 3.79. The molecule has 2 heterocycles. The van der Waals surface area contributed by atoms with E-state index in [2.05, 4.69) is 44.3 Å². The van der Waals surface area contributed by atoms with Crippen LogP contribution in [0, 0.1) is 6.92 Å². The maximum absolute atomic E-state index is 5.94. The number of hydrogen-bond donors (Lipinski definition) is 1. The summed E-state index contributed by atoms with van der Waals surface area (Å²) < 4.78 is 1.67. The maximum Gasteiger partial charge on any atom is 0.241 e. The first-order valence-electron chi connectivity index (χ1n) is 6.40. The minimum Gasteiger partial charge on any atom is -0.350 e. The van der Waals surface area contributed by atoms with Crippen molar-refractivity contribution in [3.05, 3.63) is 59.4 Å². The zero-order chi connectivity index (χ0) is 14.7. The number of aromatic nitrogens is 5. The second-order valence-corrected chi connectivity index (χ2v) is 4.82. The second kappa shape index (κ2) is 5.88. The molecular weight excluding hydrogens is 288 g/mol. The lowest BCUT2D eigenvalue weighted by Crippen LogP contribution is -2.09. The van der Waals surface area contributed by atoms with Crippen molar-refractivity contribution in [2.75, 3.05) is 5.32 Å². The van der Waals surface area contributed by atoms with E-state index in [9.17, 15) is 0 Å². The topological polar surface area (TPSA) is 68.5 Å². The van der Waals surface area contributed by atoms with Gasteiger partial charge in [0.15, 0.2) is 0 Å². The third-order valence-corrected chi connectivity index (χ3v) is 3.20. The number of nitrogens with one attached hydrogen (secondary N) is 1. The van der Waals surface area contributed by atoms with Gasteiger partial charge in [-0.3, -0.25) is 4.57 Å². The van der Waals surface area contributed by atoms with E-state index in [4.69, 9.17) is 11.6 Å². The van der Waals surface area contributed by atoms with Crippen LogP contribution in [-0.4, -0.2) is 24.5 Å². The summed E-state index contributed by atoms with van der Waals surface area (Å²) in [6.07, 6.45) is 5.01. The van der Waals surface area contributed by atoms with Gasteiger partial charge in [0.2, 0.25) is 17.2 Å². The molecule has 0 spiro atoms. The van der Waals surface area contributed by atoms with Crippen LogP contribution in [0.2, 0.25) is 5.28 Å². The molecule has 3 aromatic rings. The van der Waals surface area contributed by atoms with Crippen LogP contribution in [0.25, 0.3) is 5.95 Å². The molecule has 1 aromatic carbocycles. The molecule has 6 nitrogen and oxygen atoms in total. The molecule has 0 saturated heterocycles. The van der Waals surface area contributed by atoms with Crippen LogP contribution in [-0.2, 0) is 6.54 Å². The molecule has 2 aromatic heterocycles. The Morgan fingerprint density at radius 2 is 2.05 bits per heavy atom. The summed E-state index contributed by atoms with van der Waals surface area (Å²) in [4.78, 5) is 16.4. The number of nitrogens with zero attached hydrogens (tertiary/aromatic N) is 5. The normalized spacial score (nSPS) is 10.6. The molecular formula is C14H13ClN6. The van der Waals surface area contributed by atoms with Crippen molar-refractivity contribution < 1.29 is 0 Å². The standard InChI is InChI=1S/C14H13ClN6/c1-10-4-2-3-5-11(10)8-17-13-18-12(15)19-14(20-13)21-7-6-16-9-21/h2-7,9H,8H2,1H3,(H,17,18,19,20). The lowest BCUT2D eigenvalue weighted by atomic mass is 10.1. The molecule has 0 aliphatic carbocycles. The van der Waals surface area contributed by atoms with Crippen molar-refractivity contribution in [3.8, 4) is 5.95 Å². The Labute approximate surface area is 126 Å². The fourth-order valence-corrected chi connectivity index (χ4v) is 2.05. The number of halogens is 1. The third kappa shape index (κ3) is 3.17. The average molecular weight is 301 g/mol. The van der Waals surface area contributed by atoms with Gasteiger partial charge in [0.25, 0.3) is 0 Å². The zero-order valence-electron chi connectivity index (χ0n) is 11.4. The van der Waals surface area contributed by atoms with Crippen LogP contribution in [0.1, 0.15) is 11.1 Å². The summed E-state index contributed by atoms with van der Waals surface area (Å²) in [5.41, 5.74) is 2.39. The quantitative estimate of drug-likeness (QED) is 0.802. The summed E-state index contributed by atoms with van der Waals surface area (Å²) in [7, 11) is 0. The lowest BCUT2D eigenvalue weighted by Gasteiger charge is -2.08. The fourth-order valence-electron chi connectivity index (χ4n) is 1.89. The number of benzene rings is 1. The number of anilines is 1. The molecule has 7 heteroatoms. The van der Waals surface area contributed by atoms with Crippen LogP contribution in [0.4, 0.5) is 5.95 Å². The van der Waals surface area contributed by atoms with Gasteiger partial charge in [-0.15, -0.1) is 0 Å². The van der Waals surface area contributed by atoms with Gasteiger partial charge >= 0.3 is 0 Å². The van der Waals surface area contributed by atoms with E-state index in [1.807, 2.05) is 12.1 Å². The second-order valence-electron chi connectivity index (χ2n) is 4.48. The summed E-state index contributed by atoms with van der Waals surface area (Å²) in [5, 5.41) is 3.30. The highest BCUT2D eigenvalue weighted by molar-refractivity contribution is 6.28. The highest BCUT2D eigenvalue weighted by Crippen LogP contribution is 2.12. The molecule has 1 N–H and O–H groups in total. The monoisotopic (exact) mass is 300 g/mol. The molecule has 106 valence electrons. The molecule has 0 fully saturated rings. The van der Waals surface area contributed by atoms with E-state index < -0.39 is 0 Å². The predicted octanol–water partition coefficient (Wildman–Crippen LogP) is 2.63. The molecule has 0 saturated carbocycles. The van der Waals surface area contributed by atoms with Crippen LogP contribution < -0.4 is 5.32 Å². The molecule has 0 radical (unpaired) electrons. The SMILES string of the molecule is Cc1ccccc1CNc1nc(Cl)nc(-n2ccnc2)n1. The van der Waals surface area contributed by atoms with Gasteiger partial charge in [0.05, 0.1) is 0 Å². The van der Waals surface area contributed by atoms with Gasteiger partial charge < -0.3 is 5.32 Å². The molecule has 0 amide bonds. The molecule has 0 unspecified atom stereocenters. The van der Waals surface area contributed by atoms with Gasteiger partial charge in [-0.25, -0.2) is 4.98 Å². The van der Waals surface area contributed by atoms with E-state index in [1.54, 1.807) is 23.3 Å². The van der Waals surface area contributed by atoms with E-state index in [0.717, 1.165) is 0 Å². The fraction of sp³-hybridized carbons (Fsp3) is 0.143. The highest BCUT2D eigenvalue weighted by atomic mass is 35.5. The van der Waals surface area contributed by atoms with Crippen LogP contribution in [0.3, 0.4) is 0 Å². The Balaban J connectivity index is 1.81. The van der Waals surface area contributed by atoms with Gasteiger partial charge in [-0.1, -0.05) is 24.3 Å². The number of imidazole rings is 1. The van der Waals surface area contributed by atoms with Gasteiger partial charge in [0, 0.05) is 18.9 Å². The van der Waals surface area contributed by atoms with Crippen molar-refractivity contribution >= 4 is 17.5 Å². The maximum atomic E-state index is 5.94. The van der Waals surface area contributed by atoms with Crippen molar-refractivity contribution in [1.82, 2.24) is 24.5 Å². The largest absolute Gasteiger partial charge is 0.350 e. The van der Waals surface area contributed by atoms with Crippen LogP contribution in [0.15, 0.2) is 43.0 Å². The van der Waals surface area contributed by atoms with Gasteiger partial charge in [0.1, 0.15) is 6.33 Å². The summed E-state index contributed by atoms with van der Waals surface area (Å²) in [5.74, 6) is 0.863. The van der Waals surface area contributed by atoms with E-state index in [-0.39, 0.29) is 5.28 Å². The molecule has 3 rings (SSSR count). The summed E-state index contributed by atoms with van der Waals surface area (Å²) >= 11 is 5.94. The Bertz CT molecular complexity index is 741. The predicted molar refractivity (Wildman–Crippen MR) is 80.5 cm³/mol. The number of aryl methyl sites for hydroxylation is 1. The van der Waals surface area contributed by atoms with Crippen molar-refractivity contribution in [3.63, 3.8) is 0 Å². The van der Waals surface area contributed by atoms with Crippen LogP contribution in [0.5, 0.6) is 0 Å². The van der Waals surface area contributed by atoms with Gasteiger partial charge in [-0.2, -0.15) is 15.0 Å². The highest BCUT2D eigenvalue weighted by Gasteiger charge is 2.07. The average Bonchev–Trinajstić information content (AvgIpc) is 3.00.